The monoisotopic (exact) mass is 573 g/mol. The van der Waals surface area contributed by atoms with Gasteiger partial charge >= 0.3 is 12.5 Å². The van der Waals surface area contributed by atoms with E-state index in [1.54, 1.807) is 28.9 Å². The number of aromatic nitrogens is 4. The number of nitrogens with one attached hydrogen (secondary N) is 1. The summed E-state index contributed by atoms with van der Waals surface area (Å²) in [5.41, 5.74) is 7.92. The van der Waals surface area contributed by atoms with Crippen molar-refractivity contribution in [1.82, 2.24) is 30.0 Å². The van der Waals surface area contributed by atoms with E-state index in [2.05, 4.69) is 20.0 Å². The van der Waals surface area contributed by atoms with Crippen molar-refractivity contribution >= 4 is 28.9 Å². The number of carbonyl (C=O) groups excluding carboxylic acids is 1. The number of nitrogens with zero attached hydrogens (tertiary/aromatic N) is 5. The number of nitrogen functional groups attached to an aromatic ring is 1. The van der Waals surface area contributed by atoms with Crippen LogP contribution in [0.3, 0.4) is 0 Å². The number of rotatable bonds is 6. The zero-order valence-electron chi connectivity index (χ0n) is 21.2. The summed E-state index contributed by atoms with van der Waals surface area (Å²) in [7, 11) is 0. The number of hydrogen-bond donors (Lipinski definition) is 3. The number of halogens is 4. The van der Waals surface area contributed by atoms with Gasteiger partial charge in [0.25, 0.3) is 5.91 Å². The van der Waals surface area contributed by atoms with Crippen LogP contribution in [0, 0.1) is 5.82 Å². The maximum absolute atomic E-state index is 13.5. The first-order valence-electron chi connectivity index (χ1n) is 12.4. The van der Waals surface area contributed by atoms with Gasteiger partial charge in [0.2, 0.25) is 0 Å². The second kappa shape index (κ2) is 10.9. The molecule has 1 fully saturated rings. The minimum Gasteiger partial charge on any atom is -0.465 e. The Labute approximate surface area is 229 Å². The molecule has 2 amide bonds. The van der Waals surface area contributed by atoms with E-state index in [1.807, 2.05) is 0 Å². The molecular formula is C26H23F4N7O4. The third-order valence-corrected chi connectivity index (χ3v) is 6.63. The molecule has 0 radical (unpaired) electrons. The Balaban J connectivity index is 1.36. The molecule has 41 heavy (non-hydrogen) atoms. The molecule has 0 unspecified atom stereocenters. The molecule has 0 aliphatic carbocycles. The van der Waals surface area contributed by atoms with Gasteiger partial charge < -0.3 is 25.8 Å². The normalized spacial score (nSPS) is 15.6. The number of hydrogen-bond acceptors (Lipinski definition) is 7. The maximum atomic E-state index is 13.5. The van der Waals surface area contributed by atoms with E-state index >= 15 is 0 Å². The number of ether oxygens (including phenoxy) is 1. The highest BCUT2D eigenvalue weighted by Gasteiger charge is 2.33. The number of fused-ring (bicyclic) bond motifs is 1. The minimum atomic E-state index is -5.10. The molecule has 0 saturated carbocycles. The molecule has 3 heterocycles. The number of benzene rings is 2. The van der Waals surface area contributed by atoms with Crippen LogP contribution in [-0.2, 0) is 6.54 Å². The Bertz CT molecular complexity index is 1610. The number of carboxylic acid groups (broad SMARTS) is 1. The van der Waals surface area contributed by atoms with E-state index in [1.165, 1.54) is 11.2 Å². The van der Waals surface area contributed by atoms with Gasteiger partial charge in [0.15, 0.2) is 5.65 Å². The molecule has 2 aromatic heterocycles. The molecule has 11 nitrogen and oxygen atoms in total. The second-order valence-electron chi connectivity index (χ2n) is 9.34. The largest absolute Gasteiger partial charge is 0.573 e. The summed E-state index contributed by atoms with van der Waals surface area (Å²) in [6.07, 6.45) is -3.43. The lowest BCUT2D eigenvalue weighted by Gasteiger charge is -2.30. The molecule has 1 aliphatic rings. The number of piperidine rings is 1. The summed E-state index contributed by atoms with van der Waals surface area (Å²) >= 11 is 0. The summed E-state index contributed by atoms with van der Waals surface area (Å²) in [4.78, 5) is 33.9. The van der Waals surface area contributed by atoms with Crippen LogP contribution in [0.5, 0.6) is 5.75 Å². The Morgan fingerprint density at radius 3 is 2.61 bits per heavy atom. The fourth-order valence-corrected chi connectivity index (χ4v) is 4.73. The molecule has 2 aromatic carbocycles. The quantitative estimate of drug-likeness (QED) is 0.288. The van der Waals surface area contributed by atoms with Gasteiger partial charge in [-0.1, -0.05) is 24.3 Å². The molecule has 15 heteroatoms. The van der Waals surface area contributed by atoms with Crippen LogP contribution in [0.1, 0.15) is 34.8 Å². The van der Waals surface area contributed by atoms with Crippen LogP contribution in [0.25, 0.3) is 22.3 Å². The Hall–Kier alpha value is -4.95. The average molecular weight is 574 g/mol. The lowest BCUT2D eigenvalue weighted by molar-refractivity contribution is -0.274. The number of amides is 2. The number of alkyl halides is 3. The molecule has 214 valence electrons. The van der Waals surface area contributed by atoms with Gasteiger partial charge in [-0.05, 0) is 30.5 Å². The number of carbonyl (C=O) groups is 2. The molecular weight excluding hydrogens is 550 g/mol. The maximum Gasteiger partial charge on any atom is 0.573 e. The molecule has 0 bridgehead atoms. The van der Waals surface area contributed by atoms with Gasteiger partial charge in [-0.2, -0.15) is 5.10 Å². The van der Waals surface area contributed by atoms with Crippen LogP contribution in [0.4, 0.5) is 28.2 Å². The van der Waals surface area contributed by atoms with Crippen molar-refractivity contribution in [1.29, 1.82) is 0 Å². The Kier molecular flexibility index (Phi) is 7.34. The third kappa shape index (κ3) is 5.97. The molecule has 4 N–H and O–H groups in total. The lowest BCUT2D eigenvalue weighted by atomic mass is 10.1. The van der Waals surface area contributed by atoms with E-state index in [4.69, 9.17) is 10.8 Å². The van der Waals surface area contributed by atoms with Gasteiger partial charge in [-0.15, -0.1) is 13.2 Å². The van der Waals surface area contributed by atoms with Gasteiger partial charge in [0, 0.05) is 31.3 Å². The van der Waals surface area contributed by atoms with Crippen molar-refractivity contribution < 1.29 is 37.0 Å². The number of anilines is 1. The molecule has 1 saturated heterocycles. The summed E-state index contributed by atoms with van der Waals surface area (Å²) in [6, 6.07) is 8.82. The fourth-order valence-electron chi connectivity index (χ4n) is 4.73. The summed E-state index contributed by atoms with van der Waals surface area (Å²) in [5, 5.41) is 17.2. The topological polar surface area (TPSA) is 148 Å². The summed E-state index contributed by atoms with van der Waals surface area (Å²) < 4.78 is 57.0. The highest BCUT2D eigenvalue weighted by molar-refractivity contribution is 5.98. The second-order valence-corrected chi connectivity index (χ2v) is 9.34. The summed E-state index contributed by atoms with van der Waals surface area (Å²) in [5.74, 6) is -2.61. The molecule has 1 atom stereocenters. The zero-order chi connectivity index (χ0) is 29.3. The van der Waals surface area contributed by atoms with Crippen molar-refractivity contribution in [2.75, 3.05) is 18.8 Å². The van der Waals surface area contributed by atoms with E-state index in [0.29, 0.717) is 53.3 Å². The van der Waals surface area contributed by atoms with Crippen molar-refractivity contribution in [2.45, 2.75) is 31.8 Å². The van der Waals surface area contributed by atoms with Gasteiger partial charge in [0.05, 0.1) is 17.0 Å². The smallest absolute Gasteiger partial charge is 0.465 e. The molecule has 0 spiro atoms. The van der Waals surface area contributed by atoms with E-state index < -0.39 is 35.5 Å². The van der Waals surface area contributed by atoms with Gasteiger partial charge in [0.1, 0.15) is 29.4 Å². The van der Waals surface area contributed by atoms with Crippen LogP contribution in [0.15, 0.2) is 48.8 Å². The number of nitrogens with two attached hydrogens (primary N) is 1. The highest BCUT2D eigenvalue weighted by atomic mass is 19.4. The van der Waals surface area contributed by atoms with Crippen LogP contribution < -0.4 is 15.8 Å². The fraction of sp³-hybridized carbons (Fsp3) is 0.269. The van der Waals surface area contributed by atoms with Crippen molar-refractivity contribution in [3.63, 3.8) is 0 Å². The first-order valence-corrected chi connectivity index (χ1v) is 12.4. The predicted molar refractivity (Wildman–Crippen MR) is 137 cm³/mol. The van der Waals surface area contributed by atoms with Gasteiger partial charge in [-0.25, -0.2) is 23.8 Å². The SMILES string of the molecule is Nc1ncnc2c1c(-c1ccc(CNC(=O)c3ccc(F)cc3OC(F)(F)F)cc1)nn2[C@@H]1CCCN(C(=O)O)C1. The lowest BCUT2D eigenvalue weighted by Crippen LogP contribution is -2.40. The predicted octanol–water partition coefficient (Wildman–Crippen LogP) is 4.36. The van der Waals surface area contributed by atoms with E-state index in [-0.39, 0.29) is 24.9 Å². The third-order valence-electron chi connectivity index (χ3n) is 6.63. The van der Waals surface area contributed by atoms with E-state index in [9.17, 15) is 32.3 Å². The minimum absolute atomic E-state index is 0.0461. The van der Waals surface area contributed by atoms with Crippen LogP contribution in [-0.4, -0.2) is 61.2 Å². The van der Waals surface area contributed by atoms with Crippen LogP contribution >= 0.6 is 0 Å². The Morgan fingerprint density at radius 1 is 1.15 bits per heavy atom. The Morgan fingerprint density at radius 2 is 1.90 bits per heavy atom. The van der Waals surface area contributed by atoms with Crippen molar-refractivity contribution in [3.8, 4) is 17.0 Å². The van der Waals surface area contributed by atoms with Gasteiger partial charge in [-0.3, -0.25) is 4.79 Å². The average Bonchev–Trinajstić information content (AvgIpc) is 3.32. The highest BCUT2D eigenvalue weighted by Crippen LogP contribution is 2.34. The van der Waals surface area contributed by atoms with Crippen molar-refractivity contribution in [3.05, 3.63) is 65.7 Å². The standard InChI is InChI=1S/C26H23F4N7O4/c27-16-7-8-18(19(10-16)41-26(28,29)30)24(38)32-11-14-3-5-15(6-4-14)21-20-22(31)33-13-34-23(20)37(35-21)17-2-1-9-36(12-17)25(39)40/h3-8,10,13,17H,1-2,9,11-12H2,(H,32,38)(H,39,40)(H2,31,33,34)/t17-/m1/s1. The molecule has 4 aromatic rings. The van der Waals surface area contributed by atoms with Crippen LogP contribution in [0.2, 0.25) is 0 Å². The zero-order valence-corrected chi connectivity index (χ0v) is 21.2. The number of likely N-dealkylation sites (tertiary alicyclic amines) is 1. The molecule has 5 rings (SSSR count). The summed E-state index contributed by atoms with van der Waals surface area (Å²) in [6.45, 7) is 0.637. The first-order chi connectivity index (χ1) is 19.5. The van der Waals surface area contributed by atoms with Crippen molar-refractivity contribution in [2.24, 2.45) is 0 Å². The molecule has 1 aliphatic heterocycles. The first kappa shape index (κ1) is 27.6. The van der Waals surface area contributed by atoms with E-state index in [0.717, 1.165) is 12.1 Å².